The minimum atomic E-state index is -0.871. The van der Waals surface area contributed by atoms with Crippen LogP contribution in [0.1, 0.15) is 28.8 Å². The van der Waals surface area contributed by atoms with Crippen LogP contribution in [0.3, 0.4) is 0 Å². The number of ether oxygens (including phenoxy) is 2. The van der Waals surface area contributed by atoms with Gasteiger partial charge in [0.05, 0.1) is 14.2 Å². The number of Topliss-reactive ketones (excluding diaryl/α,β-unsaturated/α-hetero) is 1. The van der Waals surface area contributed by atoms with Gasteiger partial charge in [0.15, 0.2) is 17.3 Å². The zero-order valence-electron chi connectivity index (χ0n) is 13.9. The largest absolute Gasteiger partial charge is 0.493 e. The zero-order valence-corrected chi connectivity index (χ0v) is 13.9. The summed E-state index contributed by atoms with van der Waals surface area (Å²) in [6, 6.07) is 3.60. The third-order valence-corrected chi connectivity index (χ3v) is 4.77. The number of fused-ring (bicyclic) bond motifs is 1. The number of allylic oxidation sites excluding steroid dienone is 2. The van der Waals surface area contributed by atoms with Crippen molar-refractivity contribution >= 4 is 11.9 Å². The number of nitrogens with zero attached hydrogens (tertiary/aromatic N) is 1. The third-order valence-electron chi connectivity index (χ3n) is 4.77. The van der Waals surface area contributed by atoms with Crippen molar-refractivity contribution in [1.29, 1.82) is 0 Å². The Morgan fingerprint density at radius 2 is 1.83 bits per heavy atom. The molecule has 3 rings (SSSR count). The molecule has 1 aliphatic heterocycles. The molecule has 0 unspecified atom stereocenters. The molecule has 24 heavy (non-hydrogen) atoms. The van der Waals surface area contributed by atoms with Crippen molar-refractivity contribution in [3.8, 4) is 11.5 Å². The van der Waals surface area contributed by atoms with Crippen LogP contribution in [0.25, 0.3) is 0 Å². The van der Waals surface area contributed by atoms with Crippen LogP contribution in [0.2, 0.25) is 0 Å². The predicted octanol–water partition coefficient (Wildman–Crippen LogP) is 2.76. The molecule has 1 aromatic carbocycles. The Bertz CT molecular complexity index is 702. The first-order valence-electron chi connectivity index (χ1n) is 8.01. The van der Waals surface area contributed by atoms with E-state index in [4.69, 9.17) is 14.6 Å². The van der Waals surface area contributed by atoms with Crippen LogP contribution < -0.4 is 9.47 Å². The summed E-state index contributed by atoms with van der Waals surface area (Å²) in [6.07, 6.45) is 3.26. The van der Waals surface area contributed by atoms with Crippen molar-refractivity contribution in [3.63, 3.8) is 0 Å². The van der Waals surface area contributed by atoms with Gasteiger partial charge in [-0.1, -0.05) is 6.08 Å². The summed E-state index contributed by atoms with van der Waals surface area (Å²) in [7, 11) is 3.13. The van der Waals surface area contributed by atoms with Crippen LogP contribution in [0.4, 0.5) is 4.79 Å². The molecule has 1 saturated heterocycles. The van der Waals surface area contributed by atoms with Gasteiger partial charge in [-0.05, 0) is 36.5 Å². The molecule has 0 aromatic heterocycles. The standard InChI is InChI=1S/C18H21NO5/c1-23-15-9-12-8-13(17(20)14(12)10-16(15)24-2)7-11-3-5-19(6-4-11)18(21)22/h7,9-11H,3-6,8H2,1-2H3,(H,21,22). The lowest BCUT2D eigenvalue weighted by Gasteiger charge is -2.28. The summed E-state index contributed by atoms with van der Waals surface area (Å²) in [5.41, 5.74) is 2.41. The van der Waals surface area contributed by atoms with Gasteiger partial charge in [-0.25, -0.2) is 4.79 Å². The second kappa shape index (κ2) is 6.55. The number of amides is 1. The molecular formula is C18H21NO5. The van der Waals surface area contributed by atoms with Crippen LogP contribution in [0.5, 0.6) is 11.5 Å². The van der Waals surface area contributed by atoms with Crippen molar-refractivity contribution in [3.05, 3.63) is 34.9 Å². The van der Waals surface area contributed by atoms with Crippen molar-refractivity contribution in [2.24, 2.45) is 5.92 Å². The Labute approximate surface area is 140 Å². The van der Waals surface area contributed by atoms with E-state index in [1.54, 1.807) is 20.3 Å². The summed E-state index contributed by atoms with van der Waals surface area (Å²) in [4.78, 5) is 25.0. The number of carbonyl (C=O) groups excluding carboxylic acids is 1. The Morgan fingerprint density at radius 3 is 2.42 bits per heavy atom. The molecule has 0 saturated carbocycles. The van der Waals surface area contributed by atoms with Gasteiger partial charge in [0, 0.05) is 30.6 Å². The molecule has 128 valence electrons. The maximum atomic E-state index is 12.6. The molecule has 6 heteroatoms. The van der Waals surface area contributed by atoms with Crippen LogP contribution in [0.15, 0.2) is 23.8 Å². The fourth-order valence-corrected chi connectivity index (χ4v) is 3.41. The average molecular weight is 331 g/mol. The van der Waals surface area contributed by atoms with Crippen molar-refractivity contribution in [2.75, 3.05) is 27.3 Å². The summed E-state index contributed by atoms with van der Waals surface area (Å²) >= 11 is 0. The van der Waals surface area contributed by atoms with E-state index in [2.05, 4.69) is 0 Å². The number of hydrogen-bond acceptors (Lipinski definition) is 4. The number of rotatable bonds is 3. The van der Waals surface area contributed by atoms with Gasteiger partial charge in [-0.15, -0.1) is 0 Å². The second-order valence-corrected chi connectivity index (χ2v) is 6.17. The van der Waals surface area contributed by atoms with Crippen molar-refractivity contribution in [1.82, 2.24) is 4.90 Å². The molecule has 2 aliphatic rings. The summed E-state index contributed by atoms with van der Waals surface area (Å²) in [5.74, 6) is 1.46. The number of carbonyl (C=O) groups is 2. The summed E-state index contributed by atoms with van der Waals surface area (Å²) in [6.45, 7) is 1.04. The van der Waals surface area contributed by atoms with E-state index in [1.165, 1.54) is 4.90 Å². The third kappa shape index (κ3) is 2.96. The zero-order chi connectivity index (χ0) is 17.3. The van der Waals surface area contributed by atoms with E-state index in [0.717, 1.165) is 24.0 Å². The quantitative estimate of drug-likeness (QED) is 0.862. The molecule has 1 aliphatic carbocycles. The Morgan fingerprint density at radius 1 is 1.21 bits per heavy atom. The minimum Gasteiger partial charge on any atom is -0.493 e. The van der Waals surface area contributed by atoms with E-state index < -0.39 is 6.09 Å². The molecular weight excluding hydrogens is 310 g/mol. The Balaban J connectivity index is 1.77. The van der Waals surface area contributed by atoms with E-state index in [9.17, 15) is 9.59 Å². The van der Waals surface area contributed by atoms with Gasteiger partial charge in [-0.3, -0.25) is 4.79 Å². The highest BCUT2D eigenvalue weighted by Crippen LogP contribution is 2.37. The van der Waals surface area contributed by atoms with Gasteiger partial charge < -0.3 is 19.5 Å². The summed E-state index contributed by atoms with van der Waals surface area (Å²) in [5, 5.41) is 9.00. The first kappa shape index (κ1) is 16.4. The number of hydrogen-bond donors (Lipinski definition) is 1. The van der Waals surface area contributed by atoms with E-state index in [-0.39, 0.29) is 11.7 Å². The second-order valence-electron chi connectivity index (χ2n) is 6.17. The molecule has 6 nitrogen and oxygen atoms in total. The topological polar surface area (TPSA) is 76.1 Å². The molecule has 1 N–H and O–H groups in total. The van der Waals surface area contributed by atoms with Crippen molar-refractivity contribution < 1.29 is 24.2 Å². The van der Waals surface area contributed by atoms with Crippen LogP contribution in [-0.2, 0) is 6.42 Å². The molecule has 0 spiro atoms. The number of piperidine rings is 1. The molecule has 1 heterocycles. The average Bonchev–Trinajstić information content (AvgIpc) is 2.89. The van der Waals surface area contributed by atoms with Gasteiger partial charge in [0.2, 0.25) is 0 Å². The fourth-order valence-electron chi connectivity index (χ4n) is 3.41. The van der Waals surface area contributed by atoms with Crippen molar-refractivity contribution in [2.45, 2.75) is 19.3 Å². The SMILES string of the molecule is COc1cc2c(cc1OC)C(=O)C(=CC1CCN(C(=O)O)CC1)C2. The number of likely N-dealkylation sites (tertiary alicyclic amines) is 1. The van der Waals surface area contributed by atoms with Crippen LogP contribution in [-0.4, -0.2) is 49.2 Å². The van der Waals surface area contributed by atoms with Gasteiger partial charge in [0.1, 0.15) is 0 Å². The van der Waals surface area contributed by atoms with Gasteiger partial charge in [-0.2, -0.15) is 0 Å². The summed E-state index contributed by atoms with van der Waals surface area (Å²) < 4.78 is 10.6. The van der Waals surface area contributed by atoms with Crippen LogP contribution in [0, 0.1) is 5.92 Å². The maximum Gasteiger partial charge on any atom is 0.407 e. The lowest BCUT2D eigenvalue weighted by atomic mass is 9.93. The first-order valence-corrected chi connectivity index (χ1v) is 8.01. The Hall–Kier alpha value is -2.50. The highest BCUT2D eigenvalue weighted by atomic mass is 16.5. The number of ketones is 1. The maximum absolute atomic E-state index is 12.6. The molecule has 0 atom stereocenters. The molecule has 1 fully saturated rings. The van der Waals surface area contributed by atoms with Gasteiger partial charge >= 0.3 is 6.09 Å². The minimum absolute atomic E-state index is 0.0339. The lowest BCUT2D eigenvalue weighted by Crippen LogP contribution is -2.37. The number of benzene rings is 1. The molecule has 1 aromatic rings. The normalized spacial score (nSPS) is 19.5. The van der Waals surface area contributed by atoms with E-state index in [1.807, 2.05) is 12.1 Å². The predicted molar refractivity (Wildman–Crippen MR) is 88.0 cm³/mol. The fraction of sp³-hybridized carbons (Fsp3) is 0.444. The smallest absolute Gasteiger partial charge is 0.407 e. The number of carboxylic acid groups (broad SMARTS) is 1. The number of methoxy groups -OCH3 is 2. The molecule has 0 bridgehead atoms. The lowest BCUT2D eigenvalue weighted by molar-refractivity contribution is 0.103. The van der Waals surface area contributed by atoms with E-state index in [0.29, 0.717) is 36.6 Å². The molecule has 0 radical (unpaired) electrons. The first-order chi connectivity index (χ1) is 11.5. The highest BCUT2D eigenvalue weighted by molar-refractivity contribution is 6.13. The van der Waals surface area contributed by atoms with E-state index >= 15 is 0 Å². The monoisotopic (exact) mass is 331 g/mol. The Kier molecular flexibility index (Phi) is 4.46. The molecule has 1 amide bonds. The highest BCUT2D eigenvalue weighted by Gasteiger charge is 2.29. The van der Waals surface area contributed by atoms with Gasteiger partial charge in [0.25, 0.3) is 0 Å². The van der Waals surface area contributed by atoms with Crippen LogP contribution >= 0.6 is 0 Å².